The van der Waals surface area contributed by atoms with Crippen molar-refractivity contribution in [2.45, 2.75) is 37.0 Å². The van der Waals surface area contributed by atoms with Crippen LogP contribution in [0.3, 0.4) is 0 Å². The lowest BCUT2D eigenvalue weighted by molar-refractivity contribution is -0.143. The molecule has 154 valence electrons. The first-order valence-corrected chi connectivity index (χ1v) is 11.1. The molecular weight excluding hydrogens is 392 g/mol. The first-order chi connectivity index (χ1) is 14.0. The molecular formula is C20H24N4O4S. The van der Waals surface area contributed by atoms with E-state index in [0.29, 0.717) is 30.7 Å². The van der Waals surface area contributed by atoms with Gasteiger partial charge >= 0.3 is 0 Å². The van der Waals surface area contributed by atoms with Gasteiger partial charge in [0.15, 0.2) is 0 Å². The summed E-state index contributed by atoms with van der Waals surface area (Å²) in [4.78, 5) is 54.1. The molecule has 1 aromatic rings. The van der Waals surface area contributed by atoms with E-state index < -0.39 is 12.1 Å². The number of thioether (sulfide) groups is 1. The zero-order chi connectivity index (χ0) is 20.5. The van der Waals surface area contributed by atoms with Gasteiger partial charge in [-0.2, -0.15) is 11.8 Å². The number of hydrogen-bond acceptors (Lipinski definition) is 5. The molecule has 3 saturated heterocycles. The molecule has 0 spiro atoms. The van der Waals surface area contributed by atoms with Gasteiger partial charge in [-0.05, 0) is 31.2 Å². The van der Waals surface area contributed by atoms with Crippen molar-refractivity contribution in [3.63, 3.8) is 0 Å². The standard InChI is InChI=1S/C20H24N4O4S/c1-29-11-16(25)23-8-7-14-17(23)20(28)24-10-13(9-15(24)19(27)22-14)21-18(26)12-5-3-2-4-6-12/h2-6,13-15,17H,7-11H2,1H3,(H,21,26)(H,22,27)/t13-,14-,15+,17-/m0/s1. The fraction of sp³-hybridized carbons (Fsp3) is 0.500. The van der Waals surface area contributed by atoms with Crippen molar-refractivity contribution in [2.24, 2.45) is 0 Å². The highest BCUT2D eigenvalue weighted by Crippen LogP contribution is 2.29. The van der Waals surface area contributed by atoms with Gasteiger partial charge in [0, 0.05) is 24.7 Å². The molecule has 2 N–H and O–H groups in total. The molecule has 0 unspecified atom stereocenters. The minimum atomic E-state index is -0.660. The van der Waals surface area contributed by atoms with Gasteiger partial charge in [0.25, 0.3) is 5.91 Å². The fourth-order valence-electron chi connectivity index (χ4n) is 4.47. The number of amides is 4. The van der Waals surface area contributed by atoms with E-state index in [1.807, 2.05) is 12.3 Å². The quantitative estimate of drug-likeness (QED) is 0.711. The summed E-state index contributed by atoms with van der Waals surface area (Å²) in [5.74, 6) is -0.414. The van der Waals surface area contributed by atoms with Gasteiger partial charge in [-0.3, -0.25) is 19.2 Å². The Bertz CT molecular complexity index is 833. The zero-order valence-corrected chi connectivity index (χ0v) is 17.0. The summed E-state index contributed by atoms with van der Waals surface area (Å²) < 4.78 is 0. The van der Waals surface area contributed by atoms with Crippen molar-refractivity contribution in [2.75, 3.05) is 25.1 Å². The summed E-state index contributed by atoms with van der Waals surface area (Å²) in [6.07, 6.45) is 2.80. The average Bonchev–Trinajstić information content (AvgIpc) is 3.31. The second-order valence-electron chi connectivity index (χ2n) is 7.65. The van der Waals surface area contributed by atoms with Gasteiger partial charge in [0.05, 0.1) is 11.8 Å². The van der Waals surface area contributed by atoms with Gasteiger partial charge in [0.2, 0.25) is 17.7 Å². The topological polar surface area (TPSA) is 98.8 Å². The van der Waals surface area contributed by atoms with Crippen molar-refractivity contribution in [3.8, 4) is 0 Å². The highest BCUT2D eigenvalue weighted by atomic mass is 32.2. The highest BCUT2D eigenvalue weighted by molar-refractivity contribution is 7.99. The molecule has 1 aromatic carbocycles. The van der Waals surface area contributed by atoms with Gasteiger partial charge < -0.3 is 20.4 Å². The van der Waals surface area contributed by atoms with Crippen molar-refractivity contribution >= 4 is 35.4 Å². The zero-order valence-electron chi connectivity index (χ0n) is 16.2. The van der Waals surface area contributed by atoms with Crippen molar-refractivity contribution in [1.82, 2.24) is 20.4 Å². The number of likely N-dealkylation sites (tertiary alicyclic amines) is 1. The Balaban J connectivity index is 1.50. The number of carbonyl (C=O) groups is 4. The van der Waals surface area contributed by atoms with Crippen LogP contribution < -0.4 is 10.6 Å². The second-order valence-corrected chi connectivity index (χ2v) is 8.51. The first-order valence-electron chi connectivity index (χ1n) is 9.74. The van der Waals surface area contributed by atoms with Gasteiger partial charge in [0.1, 0.15) is 12.1 Å². The van der Waals surface area contributed by atoms with Crippen molar-refractivity contribution < 1.29 is 19.2 Å². The largest absolute Gasteiger partial charge is 0.349 e. The van der Waals surface area contributed by atoms with E-state index in [0.717, 1.165) is 0 Å². The van der Waals surface area contributed by atoms with E-state index in [2.05, 4.69) is 10.6 Å². The predicted molar refractivity (Wildman–Crippen MR) is 108 cm³/mol. The molecule has 0 aliphatic carbocycles. The molecule has 9 heteroatoms. The molecule has 29 heavy (non-hydrogen) atoms. The molecule has 3 heterocycles. The van der Waals surface area contributed by atoms with E-state index in [1.54, 1.807) is 34.1 Å². The molecule has 0 saturated carbocycles. The smallest absolute Gasteiger partial charge is 0.251 e. The summed E-state index contributed by atoms with van der Waals surface area (Å²) in [7, 11) is 0. The van der Waals surface area contributed by atoms with E-state index in [-0.39, 0.29) is 42.3 Å². The monoisotopic (exact) mass is 416 g/mol. The third kappa shape index (κ3) is 3.71. The Morgan fingerprint density at radius 3 is 2.72 bits per heavy atom. The fourth-order valence-corrected chi connectivity index (χ4v) is 4.89. The molecule has 4 rings (SSSR count). The Morgan fingerprint density at radius 1 is 1.24 bits per heavy atom. The van der Waals surface area contributed by atoms with E-state index in [1.165, 1.54) is 11.8 Å². The van der Waals surface area contributed by atoms with Crippen LogP contribution in [0.25, 0.3) is 0 Å². The van der Waals surface area contributed by atoms with Crippen LogP contribution in [0.2, 0.25) is 0 Å². The minimum Gasteiger partial charge on any atom is -0.349 e. The number of fused-ring (bicyclic) bond motifs is 2. The van der Waals surface area contributed by atoms with Crippen LogP contribution in [0.15, 0.2) is 30.3 Å². The van der Waals surface area contributed by atoms with Crippen LogP contribution in [0.5, 0.6) is 0 Å². The summed E-state index contributed by atoms with van der Waals surface area (Å²) in [5.41, 5.74) is 0.537. The van der Waals surface area contributed by atoms with Gasteiger partial charge in [-0.1, -0.05) is 18.2 Å². The van der Waals surface area contributed by atoms with Crippen molar-refractivity contribution in [1.29, 1.82) is 0 Å². The van der Waals surface area contributed by atoms with Crippen LogP contribution in [-0.2, 0) is 14.4 Å². The van der Waals surface area contributed by atoms with Gasteiger partial charge in [-0.15, -0.1) is 0 Å². The van der Waals surface area contributed by atoms with Crippen LogP contribution in [-0.4, -0.2) is 82.7 Å². The molecule has 0 aromatic heterocycles. The molecule has 0 bridgehead atoms. The van der Waals surface area contributed by atoms with E-state index >= 15 is 0 Å². The number of benzene rings is 1. The first kappa shape index (κ1) is 19.8. The van der Waals surface area contributed by atoms with Crippen LogP contribution >= 0.6 is 11.8 Å². The van der Waals surface area contributed by atoms with Gasteiger partial charge in [-0.25, -0.2) is 0 Å². The Hall–Kier alpha value is -2.55. The number of nitrogens with one attached hydrogen (secondary N) is 2. The molecule has 3 aliphatic rings. The van der Waals surface area contributed by atoms with Crippen LogP contribution in [0.1, 0.15) is 23.2 Å². The maximum Gasteiger partial charge on any atom is 0.251 e. The average molecular weight is 417 g/mol. The lowest BCUT2D eigenvalue weighted by Crippen LogP contribution is -2.53. The molecule has 3 fully saturated rings. The number of hydrogen-bond donors (Lipinski definition) is 2. The van der Waals surface area contributed by atoms with E-state index in [9.17, 15) is 19.2 Å². The molecule has 4 atom stereocenters. The number of nitrogens with zero attached hydrogens (tertiary/aromatic N) is 2. The molecule has 3 aliphatic heterocycles. The maximum absolute atomic E-state index is 13.3. The normalized spacial score (nSPS) is 28.4. The molecule has 8 nitrogen and oxygen atoms in total. The maximum atomic E-state index is 13.3. The third-order valence-electron chi connectivity index (χ3n) is 5.82. The lowest BCUT2D eigenvalue weighted by Gasteiger charge is -2.29. The summed E-state index contributed by atoms with van der Waals surface area (Å²) in [5, 5.41) is 5.89. The van der Waals surface area contributed by atoms with Crippen molar-refractivity contribution in [3.05, 3.63) is 35.9 Å². The van der Waals surface area contributed by atoms with Crippen LogP contribution in [0.4, 0.5) is 0 Å². The number of rotatable bonds is 4. The highest BCUT2D eigenvalue weighted by Gasteiger charge is 2.52. The minimum absolute atomic E-state index is 0.0841. The lowest BCUT2D eigenvalue weighted by atomic mass is 10.1. The molecule has 4 amide bonds. The third-order valence-corrected chi connectivity index (χ3v) is 6.36. The molecule has 0 radical (unpaired) electrons. The summed E-state index contributed by atoms with van der Waals surface area (Å²) in [6.45, 7) is 0.733. The number of carbonyl (C=O) groups excluding carboxylic acids is 4. The summed E-state index contributed by atoms with van der Waals surface area (Å²) >= 11 is 1.42. The SMILES string of the molecule is CSCC(=O)N1CC[C@@H]2NC(=O)[C@H]3C[C@H](NC(=O)c4ccccc4)CN3C(=O)[C@H]21. The Morgan fingerprint density at radius 2 is 2.00 bits per heavy atom. The Labute approximate surface area is 173 Å². The predicted octanol–water partition coefficient (Wildman–Crippen LogP) is -0.152. The van der Waals surface area contributed by atoms with E-state index in [4.69, 9.17) is 0 Å². The van der Waals surface area contributed by atoms with Crippen LogP contribution in [0, 0.1) is 0 Å². The second kappa shape index (κ2) is 8.06. The summed E-state index contributed by atoms with van der Waals surface area (Å²) in [6, 6.07) is 6.92. The Kier molecular flexibility index (Phi) is 5.49.